The van der Waals surface area contributed by atoms with E-state index in [1.807, 2.05) is 0 Å². The fourth-order valence-corrected chi connectivity index (χ4v) is 3.39. The molecule has 0 aliphatic carbocycles. The fraction of sp³-hybridized carbons (Fsp3) is 0.176. The molecule has 28 heavy (non-hydrogen) atoms. The molecule has 0 bridgehead atoms. The van der Waals surface area contributed by atoms with Crippen LogP contribution in [0.1, 0.15) is 26.3 Å². The van der Waals surface area contributed by atoms with Gasteiger partial charge in [-0.1, -0.05) is 0 Å². The van der Waals surface area contributed by atoms with Crippen LogP contribution in [0, 0.1) is 6.92 Å². The number of fused-ring (bicyclic) bond motifs is 3. The van der Waals surface area contributed by atoms with E-state index >= 15 is 0 Å². The number of halogens is 3. The summed E-state index contributed by atoms with van der Waals surface area (Å²) >= 11 is 0. The van der Waals surface area contributed by atoms with Crippen molar-refractivity contribution in [1.82, 2.24) is 10.3 Å². The highest BCUT2D eigenvalue weighted by Gasteiger charge is 2.48. The maximum atomic E-state index is 12.6. The summed E-state index contributed by atoms with van der Waals surface area (Å²) in [6.45, 7) is 1.63. The molecule has 2 N–H and O–H groups in total. The van der Waals surface area contributed by atoms with Crippen LogP contribution in [0.25, 0.3) is 21.8 Å². The van der Waals surface area contributed by atoms with Crippen LogP contribution in [0.2, 0.25) is 0 Å². The second kappa shape index (κ2) is 6.51. The Balaban J connectivity index is 2.33. The van der Waals surface area contributed by atoms with Gasteiger partial charge in [-0.2, -0.15) is 21.6 Å². The Morgan fingerprint density at radius 1 is 1.21 bits per heavy atom. The quantitative estimate of drug-likeness (QED) is 0.388. The highest BCUT2D eigenvalue weighted by atomic mass is 32.2. The lowest BCUT2D eigenvalue weighted by Gasteiger charge is -2.10. The van der Waals surface area contributed by atoms with Crippen molar-refractivity contribution >= 4 is 44.1 Å². The molecule has 0 unspecified atom stereocenters. The maximum Gasteiger partial charge on any atom is 0.534 e. The molecule has 1 amide bonds. The Hall–Kier alpha value is -3.08. The van der Waals surface area contributed by atoms with Crippen molar-refractivity contribution in [1.29, 1.82) is 0 Å². The monoisotopic (exact) mass is 414 g/mol. The topological polar surface area (TPSA) is 105 Å². The molecular formula is C17H13F3N2O5S. The molecule has 148 valence electrons. The van der Waals surface area contributed by atoms with Crippen LogP contribution in [0.15, 0.2) is 24.3 Å². The minimum atomic E-state index is -5.85. The number of aromatic nitrogens is 1. The predicted octanol–water partition coefficient (Wildman–Crippen LogP) is 3.03. The highest BCUT2D eigenvalue weighted by Crippen LogP contribution is 2.35. The normalized spacial score (nSPS) is 12.3. The van der Waals surface area contributed by atoms with Gasteiger partial charge < -0.3 is 14.5 Å². The van der Waals surface area contributed by atoms with Crippen molar-refractivity contribution in [3.05, 3.63) is 41.0 Å². The number of aromatic amines is 1. The molecule has 11 heteroatoms. The first-order chi connectivity index (χ1) is 13.0. The van der Waals surface area contributed by atoms with Gasteiger partial charge in [0.05, 0.1) is 5.56 Å². The number of nitrogens with one attached hydrogen (secondary N) is 2. The third kappa shape index (κ3) is 3.07. The van der Waals surface area contributed by atoms with E-state index in [-0.39, 0.29) is 21.9 Å². The van der Waals surface area contributed by atoms with Crippen LogP contribution in [-0.4, -0.2) is 38.2 Å². The maximum absolute atomic E-state index is 12.6. The van der Waals surface area contributed by atoms with Crippen LogP contribution in [0.4, 0.5) is 13.2 Å². The lowest BCUT2D eigenvalue weighted by atomic mass is 9.96. The summed E-state index contributed by atoms with van der Waals surface area (Å²) in [7, 11) is -4.49. The zero-order valence-electron chi connectivity index (χ0n) is 14.5. The fourth-order valence-electron chi connectivity index (χ4n) is 2.93. The number of benzene rings is 2. The smallest absolute Gasteiger partial charge is 0.376 e. The largest absolute Gasteiger partial charge is 0.534 e. The van der Waals surface area contributed by atoms with Gasteiger partial charge in [-0.05, 0) is 36.8 Å². The molecule has 1 heterocycles. The Morgan fingerprint density at radius 3 is 2.46 bits per heavy atom. The first kappa shape index (κ1) is 19.7. The van der Waals surface area contributed by atoms with E-state index in [0.717, 1.165) is 12.1 Å². The predicted molar refractivity (Wildman–Crippen MR) is 94.9 cm³/mol. The van der Waals surface area contributed by atoms with E-state index in [1.165, 1.54) is 13.1 Å². The third-order valence-corrected chi connectivity index (χ3v) is 5.14. The number of hydrogen-bond acceptors (Lipinski definition) is 5. The van der Waals surface area contributed by atoms with Gasteiger partial charge in [-0.3, -0.25) is 9.59 Å². The Kier molecular flexibility index (Phi) is 4.58. The number of rotatable bonds is 4. The van der Waals surface area contributed by atoms with Crippen molar-refractivity contribution in [2.24, 2.45) is 0 Å². The number of carbonyl (C=O) groups is 2. The molecule has 1 aromatic heterocycles. The van der Waals surface area contributed by atoms with E-state index in [9.17, 15) is 31.2 Å². The van der Waals surface area contributed by atoms with Crippen molar-refractivity contribution in [3.8, 4) is 5.75 Å². The Morgan fingerprint density at radius 2 is 1.89 bits per heavy atom. The van der Waals surface area contributed by atoms with Gasteiger partial charge in [0.2, 0.25) is 0 Å². The molecule has 0 saturated carbocycles. The molecule has 3 rings (SSSR count). The van der Waals surface area contributed by atoms with Gasteiger partial charge in [0.25, 0.3) is 5.91 Å². The van der Waals surface area contributed by atoms with Crippen LogP contribution < -0.4 is 9.50 Å². The van der Waals surface area contributed by atoms with Gasteiger partial charge in [-0.25, -0.2) is 0 Å². The van der Waals surface area contributed by atoms with Crippen molar-refractivity contribution in [3.63, 3.8) is 0 Å². The number of carbonyl (C=O) groups excluding carboxylic acids is 2. The molecule has 0 fully saturated rings. The Bertz CT molecular complexity index is 1230. The van der Waals surface area contributed by atoms with E-state index in [2.05, 4.69) is 14.5 Å². The standard InChI is InChI=1S/C17H13F3N2O5S/c1-8-5-13-14(15(11(8)7-23)16(24)21-2)10-6-9(3-4-12(10)22-13)27-28(25,26)17(18,19)20/h3-7,22H,1-2H3,(H,21,24). The van der Waals surface area contributed by atoms with Crippen molar-refractivity contribution in [2.45, 2.75) is 12.4 Å². The van der Waals surface area contributed by atoms with Gasteiger partial charge in [0.15, 0.2) is 6.29 Å². The van der Waals surface area contributed by atoms with Crippen molar-refractivity contribution < 1.29 is 35.4 Å². The van der Waals surface area contributed by atoms with E-state index < -0.39 is 27.3 Å². The summed E-state index contributed by atoms with van der Waals surface area (Å²) in [5, 5.41) is 2.90. The van der Waals surface area contributed by atoms with Gasteiger partial charge in [0.1, 0.15) is 5.75 Å². The number of aldehydes is 1. The molecule has 0 spiro atoms. The van der Waals surface area contributed by atoms with Crippen LogP contribution >= 0.6 is 0 Å². The number of hydrogen-bond donors (Lipinski definition) is 2. The summed E-state index contributed by atoms with van der Waals surface area (Å²) in [5.41, 5.74) is -4.07. The number of alkyl halides is 3. The first-order valence-electron chi connectivity index (χ1n) is 7.77. The number of H-pyrrole nitrogens is 1. The minimum Gasteiger partial charge on any atom is -0.376 e. The second-order valence-electron chi connectivity index (χ2n) is 5.92. The Labute approximate surface area is 156 Å². The SMILES string of the molecule is CNC(=O)c1c(C=O)c(C)cc2[nH]c3ccc(OS(=O)(=O)C(F)(F)F)cc3c12. The zero-order valence-corrected chi connectivity index (χ0v) is 15.3. The van der Waals surface area contributed by atoms with E-state index in [4.69, 9.17) is 0 Å². The van der Waals surface area contributed by atoms with Crippen molar-refractivity contribution in [2.75, 3.05) is 7.05 Å². The highest BCUT2D eigenvalue weighted by molar-refractivity contribution is 7.88. The van der Waals surface area contributed by atoms with E-state index in [0.29, 0.717) is 22.9 Å². The molecule has 0 aliphatic heterocycles. The average Bonchev–Trinajstić information content (AvgIpc) is 2.95. The van der Waals surface area contributed by atoms with Gasteiger partial charge >= 0.3 is 15.6 Å². The average molecular weight is 414 g/mol. The summed E-state index contributed by atoms with van der Waals surface area (Å²) in [6.07, 6.45) is 0.507. The molecule has 2 aromatic carbocycles. The van der Waals surface area contributed by atoms with Crippen LogP contribution in [0.3, 0.4) is 0 Å². The molecule has 0 atom stereocenters. The van der Waals surface area contributed by atoms with Crippen LogP contribution in [0.5, 0.6) is 5.75 Å². The van der Waals surface area contributed by atoms with Gasteiger partial charge in [-0.15, -0.1) is 0 Å². The molecular weight excluding hydrogens is 401 g/mol. The zero-order chi connectivity index (χ0) is 20.9. The molecule has 7 nitrogen and oxygen atoms in total. The molecule has 3 aromatic rings. The lowest BCUT2D eigenvalue weighted by Crippen LogP contribution is -2.28. The summed E-state index contributed by atoms with van der Waals surface area (Å²) in [4.78, 5) is 26.9. The van der Waals surface area contributed by atoms with E-state index in [1.54, 1.807) is 13.0 Å². The molecule has 0 radical (unpaired) electrons. The summed E-state index contributed by atoms with van der Waals surface area (Å²) in [5.74, 6) is -1.16. The summed E-state index contributed by atoms with van der Waals surface area (Å²) in [6, 6.07) is 5.04. The number of aryl methyl sites for hydroxylation is 1. The summed E-state index contributed by atoms with van der Waals surface area (Å²) < 4.78 is 64.4. The lowest BCUT2D eigenvalue weighted by molar-refractivity contribution is -0.0500. The first-order valence-corrected chi connectivity index (χ1v) is 9.18. The molecule has 0 aliphatic rings. The van der Waals surface area contributed by atoms with Crippen LogP contribution in [-0.2, 0) is 10.1 Å². The molecule has 0 saturated heterocycles. The minimum absolute atomic E-state index is 0.0228. The third-order valence-electron chi connectivity index (χ3n) is 4.17. The van der Waals surface area contributed by atoms with Gasteiger partial charge in [0, 0.05) is 34.4 Å². The number of amides is 1. The second-order valence-corrected chi connectivity index (χ2v) is 7.46.